The molecule has 1 atom stereocenters. The van der Waals surface area contributed by atoms with Crippen LogP contribution >= 0.6 is 24.0 Å². The molecular weight excluding hydrogens is 443 g/mol. The lowest BCUT2D eigenvalue weighted by atomic mass is 10.0. The summed E-state index contributed by atoms with van der Waals surface area (Å²) in [4.78, 5) is 7.10. The van der Waals surface area contributed by atoms with E-state index in [1.165, 1.54) is 12.8 Å². The molecular formula is C19H39IN4O2. The molecule has 0 aromatic carbocycles. The number of hydrogen-bond acceptors (Lipinski definition) is 4. The van der Waals surface area contributed by atoms with Crippen LogP contribution in [0.25, 0.3) is 0 Å². The highest BCUT2D eigenvalue weighted by Gasteiger charge is 2.32. The Labute approximate surface area is 176 Å². The molecule has 1 saturated carbocycles. The Kier molecular flexibility index (Phi) is 12.8. The van der Waals surface area contributed by atoms with Crippen molar-refractivity contribution in [3.05, 3.63) is 0 Å². The number of nitrogens with one attached hydrogen (secondary N) is 2. The molecule has 2 N–H and O–H groups in total. The number of ether oxygens (including phenoxy) is 2. The number of halogens is 1. The van der Waals surface area contributed by atoms with E-state index in [1.807, 2.05) is 0 Å². The summed E-state index contributed by atoms with van der Waals surface area (Å²) in [6.07, 6.45) is 6.00. The second-order valence-corrected chi connectivity index (χ2v) is 7.50. The molecule has 2 fully saturated rings. The molecule has 2 aliphatic rings. The van der Waals surface area contributed by atoms with Gasteiger partial charge in [-0.05, 0) is 65.0 Å². The minimum atomic E-state index is 0. The van der Waals surface area contributed by atoms with Crippen LogP contribution in [0.3, 0.4) is 0 Å². The highest BCUT2D eigenvalue weighted by Crippen LogP contribution is 2.34. The molecule has 0 aromatic heterocycles. The van der Waals surface area contributed by atoms with Crippen LogP contribution in [-0.4, -0.2) is 77.1 Å². The Bertz CT molecular complexity index is 384. The van der Waals surface area contributed by atoms with Crippen LogP contribution in [0, 0.1) is 11.8 Å². The molecule has 0 amide bonds. The monoisotopic (exact) mass is 482 g/mol. The predicted octanol–water partition coefficient (Wildman–Crippen LogP) is 2.33. The van der Waals surface area contributed by atoms with Crippen LogP contribution in [0.5, 0.6) is 0 Å². The van der Waals surface area contributed by atoms with Crippen LogP contribution < -0.4 is 10.6 Å². The number of guanidine groups is 1. The number of likely N-dealkylation sites (N-methyl/N-ethyl adjacent to an activating group) is 1. The maximum Gasteiger partial charge on any atom is 0.191 e. The molecule has 1 aliphatic heterocycles. The first-order chi connectivity index (χ1) is 12.2. The maximum atomic E-state index is 5.82. The zero-order valence-corrected chi connectivity index (χ0v) is 19.2. The van der Waals surface area contributed by atoms with Gasteiger partial charge in [-0.2, -0.15) is 0 Å². The fraction of sp³-hybridized carbons (Fsp3) is 0.947. The third-order valence-corrected chi connectivity index (χ3v) is 5.06. The van der Waals surface area contributed by atoms with Crippen LogP contribution in [0.2, 0.25) is 0 Å². The van der Waals surface area contributed by atoms with Crippen molar-refractivity contribution in [2.75, 3.05) is 60.2 Å². The molecule has 0 aromatic rings. The van der Waals surface area contributed by atoms with Crippen molar-refractivity contribution in [2.24, 2.45) is 16.8 Å². The van der Waals surface area contributed by atoms with E-state index in [2.05, 4.69) is 36.6 Å². The Morgan fingerprint density at radius 1 is 1.19 bits per heavy atom. The summed E-state index contributed by atoms with van der Waals surface area (Å²) in [6.45, 7) is 8.25. The van der Waals surface area contributed by atoms with E-state index in [4.69, 9.17) is 14.5 Å². The Morgan fingerprint density at radius 2 is 1.92 bits per heavy atom. The lowest BCUT2D eigenvalue weighted by Crippen LogP contribution is -2.40. The average Bonchev–Trinajstić information content (AvgIpc) is 3.43. The number of aliphatic imine (C=N–C) groups is 1. The fourth-order valence-corrected chi connectivity index (χ4v) is 3.29. The molecule has 1 heterocycles. The summed E-state index contributed by atoms with van der Waals surface area (Å²) in [5.74, 6) is 2.45. The minimum absolute atomic E-state index is 0. The number of hydrogen-bond donors (Lipinski definition) is 2. The fourth-order valence-electron chi connectivity index (χ4n) is 3.29. The third-order valence-electron chi connectivity index (χ3n) is 5.06. The Morgan fingerprint density at radius 3 is 2.54 bits per heavy atom. The van der Waals surface area contributed by atoms with E-state index in [0.717, 1.165) is 77.2 Å². The van der Waals surface area contributed by atoms with Crippen LogP contribution in [0.4, 0.5) is 0 Å². The van der Waals surface area contributed by atoms with Gasteiger partial charge >= 0.3 is 0 Å². The van der Waals surface area contributed by atoms with E-state index in [0.29, 0.717) is 12.0 Å². The molecule has 6 nitrogen and oxygen atoms in total. The first-order valence-electron chi connectivity index (χ1n) is 10.0. The molecule has 2 rings (SSSR count). The summed E-state index contributed by atoms with van der Waals surface area (Å²) in [5, 5.41) is 6.78. The van der Waals surface area contributed by atoms with Gasteiger partial charge in [-0.3, -0.25) is 4.99 Å². The summed E-state index contributed by atoms with van der Waals surface area (Å²) in [5.41, 5.74) is 0. The Balaban J connectivity index is 0.00000338. The molecule has 1 saturated heterocycles. The second kappa shape index (κ2) is 14.0. The van der Waals surface area contributed by atoms with Gasteiger partial charge in [0.25, 0.3) is 0 Å². The Hall–Kier alpha value is -0.120. The smallest absolute Gasteiger partial charge is 0.191 e. The zero-order valence-electron chi connectivity index (χ0n) is 16.8. The molecule has 26 heavy (non-hydrogen) atoms. The van der Waals surface area contributed by atoms with Crippen molar-refractivity contribution in [1.29, 1.82) is 0 Å². The quantitative estimate of drug-likeness (QED) is 0.205. The first-order valence-corrected chi connectivity index (χ1v) is 10.0. The van der Waals surface area contributed by atoms with Crippen molar-refractivity contribution in [3.63, 3.8) is 0 Å². The van der Waals surface area contributed by atoms with E-state index < -0.39 is 0 Å². The lowest BCUT2D eigenvalue weighted by molar-refractivity contribution is 0.0203. The van der Waals surface area contributed by atoms with Gasteiger partial charge in [0.1, 0.15) is 0 Å². The number of nitrogens with zero attached hydrogens (tertiary/aromatic N) is 2. The molecule has 1 unspecified atom stereocenters. The summed E-state index contributed by atoms with van der Waals surface area (Å²) < 4.78 is 11.2. The number of rotatable bonds is 11. The van der Waals surface area contributed by atoms with Gasteiger partial charge in [-0.15, -0.1) is 24.0 Å². The predicted molar refractivity (Wildman–Crippen MR) is 119 cm³/mol. The van der Waals surface area contributed by atoms with Gasteiger partial charge in [0.05, 0.1) is 6.54 Å². The van der Waals surface area contributed by atoms with Gasteiger partial charge in [0.2, 0.25) is 0 Å². The zero-order chi connectivity index (χ0) is 17.9. The summed E-state index contributed by atoms with van der Waals surface area (Å²) in [7, 11) is 4.32. The van der Waals surface area contributed by atoms with Gasteiger partial charge in [0.15, 0.2) is 5.96 Å². The highest BCUT2D eigenvalue weighted by atomic mass is 127. The topological polar surface area (TPSA) is 58.1 Å². The molecule has 154 valence electrons. The van der Waals surface area contributed by atoms with Crippen molar-refractivity contribution in [1.82, 2.24) is 15.5 Å². The van der Waals surface area contributed by atoms with Crippen molar-refractivity contribution < 1.29 is 9.47 Å². The summed E-state index contributed by atoms with van der Waals surface area (Å²) >= 11 is 0. The molecule has 0 bridgehead atoms. The lowest BCUT2D eigenvalue weighted by Gasteiger charge is -2.23. The summed E-state index contributed by atoms with van der Waals surface area (Å²) in [6, 6.07) is 0.568. The van der Waals surface area contributed by atoms with E-state index in [1.54, 1.807) is 0 Å². The van der Waals surface area contributed by atoms with Crippen LogP contribution in [0.1, 0.15) is 39.0 Å². The van der Waals surface area contributed by atoms with E-state index >= 15 is 0 Å². The normalized spacial score (nSPS) is 19.9. The molecule has 1 aliphatic carbocycles. The average molecular weight is 482 g/mol. The minimum Gasteiger partial charge on any atom is -0.381 e. The highest BCUT2D eigenvalue weighted by molar-refractivity contribution is 14.0. The van der Waals surface area contributed by atoms with Crippen molar-refractivity contribution >= 4 is 29.9 Å². The molecule has 0 spiro atoms. The second-order valence-electron chi connectivity index (χ2n) is 7.50. The SMILES string of the molecule is CCNC(=NCC(C1CC1)N(C)C)NCCCOCC1CCOCC1.I. The van der Waals surface area contributed by atoms with E-state index in [9.17, 15) is 0 Å². The third kappa shape index (κ3) is 9.71. The van der Waals surface area contributed by atoms with Crippen molar-refractivity contribution in [3.8, 4) is 0 Å². The molecule has 7 heteroatoms. The van der Waals surface area contributed by atoms with Crippen LogP contribution in [-0.2, 0) is 9.47 Å². The largest absolute Gasteiger partial charge is 0.381 e. The van der Waals surface area contributed by atoms with Crippen molar-refractivity contribution in [2.45, 2.75) is 45.1 Å². The van der Waals surface area contributed by atoms with Gasteiger partial charge in [-0.25, -0.2) is 0 Å². The maximum absolute atomic E-state index is 5.82. The first kappa shape index (κ1) is 23.9. The van der Waals surface area contributed by atoms with Gasteiger partial charge < -0.3 is 25.0 Å². The standard InChI is InChI=1S/C19H38N4O2.HI/c1-4-20-19(22-14-18(23(2)3)17-6-7-17)21-10-5-11-25-15-16-8-12-24-13-9-16;/h16-18H,4-15H2,1-3H3,(H2,20,21,22);1H. The van der Waals surface area contributed by atoms with Gasteiger partial charge in [0, 0.05) is 45.6 Å². The van der Waals surface area contributed by atoms with E-state index in [-0.39, 0.29) is 24.0 Å². The van der Waals surface area contributed by atoms with Crippen LogP contribution in [0.15, 0.2) is 4.99 Å². The molecule has 0 radical (unpaired) electrons. The van der Waals surface area contributed by atoms with Gasteiger partial charge in [-0.1, -0.05) is 0 Å².